The minimum atomic E-state index is 0.192. The third-order valence-corrected chi connectivity index (χ3v) is 1.96. The predicted octanol–water partition coefficient (Wildman–Crippen LogP) is 2.96. The number of ketones is 1. The molecule has 1 atom stereocenters. The lowest BCUT2D eigenvalue weighted by Crippen LogP contribution is -2.10. The van der Waals surface area contributed by atoms with Gasteiger partial charge < -0.3 is 0 Å². The van der Waals surface area contributed by atoms with E-state index in [9.17, 15) is 4.79 Å². The molecule has 0 aliphatic heterocycles. The first-order valence-electron chi connectivity index (χ1n) is 4.34. The van der Waals surface area contributed by atoms with Gasteiger partial charge in [0.2, 0.25) is 0 Å². The molecule has 0 aliphatic carbocycles. The minimum absolute atomic E-state index is 0.192. The van der Waals surface area contributed by atoms with E-state index in [1.807, 2.05) is 33.8 Å². The Morgan fingerprint density at radius 1 is 1.45 bits per heavy atom. The molecule has 0 fully saturated rings. The monoisotopic (exact) mass is 154 g/mol. The van der Waals surface area contributed by atoms with Crippen LogP contribution in [-0.4, -0.2) is 5.78 Å². The molecule has 0 aromatic rings. The van der Waals surface area contributed by atoms with Crippen molar-refractivity contribution >= 4 is 5.78 Å². The summed E-state index contributed by atoms with van der Waals surface area (Å²) in [7, 11) is 0. The molecule has 0 heterocycles. The van der Waals surface area contributed by atoms with E-state index in [1.54, 1.807) is 0 Å². The molecule has 0 saturated carbocycles. The first kappa shape index (κ1) is 10.4. The number of Topliss-reactive ketones (excluding diaryl/α,β-unsaturated/α-hetero) is 1. The summed E-state index contributed by atoms with van der Waals surface area (Å²) < 4.78 is 0. The molecule has 11 heavy (non-hydrogen) atoms. The number of carbonyl (C=O) groups is 1. The van der Waals surface area contributed by atoms with Crippen LogP contribution in [-0.2, 0) is 4.79 Å². The van der Waals surface area contributed by atoms with Crippen molar-refractivity contribution in [1.82, 2.24) is 0 Å². The standard InChI is InChI=1S/C10H18O/c1-5-7-9(4)10(11)8(3)6-2/h7-8H,5-6H2,1-4H3. The van der Waals surface area contributed by atoms with Gasteiger partial charge in [-0.05, 0) is 25.3 Å². The van der Waals surface area contributed by atoms with Gasteiger partial charge in [-0.25, -0.2) is 0 Å². The van der Waals surface area contributed by atoms with E-state index in [-0.39, 0.29) is 5.92 Å². The highest BCUT2D eigenvalue weighted by Gasteiger charge is 2.10. The van der Waals surface area contributed by atoms with Crippen LogP contribution in [0.15, 0.2) is 11.6 Å². The van der Waals surface area contributed by atoms with Crippen LogP contribution in [0.2, 0.25) is 0 Å². The van der Waals surface area contributed by atoms with E-state index < -0.39 is 0 Å². The van der Waals surface area contributed by atoms with Crippen molar-refractivity contribution in [1.29, 1.82) is 0 Å². The number of hydrogen-bond donors (Lipinski definition) is 0. The Bertz CT molecular complexity index is 156. The Labute approximate surface area is 69.5 Å². The van der Waals surface area contributed by atoms with Gasteiger partial charge in [0.25, 0.3) is 0 Å². The van der Waals surface area contributed by atoms with Gasteiger partial charge in [-0.2, -0.15) is 0 Å². The summed E-state index contributed by atoms with van der Waals surface area (Å²) in [5.41, 5.74) is 0.918. The summed E-state index contributed by atoms with van der Waals surface area (Å²) in [6, 6.07) is 0. The molecule has 1 unspecified atom stereocenters. The Balaban J connectivity index is 4.13. The number of rotatable bonds is 4. The van der Waals surface area contributed by atoms with E-state index in [0.29, 0.717) is 5.78 Å². The first-order valence-corrected chi connectivity index (χ1v) is 4.34. The van der Waals surface area contributed by atoms with Crippen molar-refractivity contribution < 1.29 is 4.79 Å². The van der Waals surface area contributed by atoms with Crippen LogP contribution in [0.3, 0.4) is 0 Å². The summed E-state index contributed by atoms with van der Waals surface area (Å²) in [5.74, 6) is 0.493. The fraction of sp³-hybridized carbons (Fsp3) is 0.700. The third-order valence-electron chi connectivity index (χ3n) is 1.96. The lowest BCUT2D eigenvalue weighted by Gasteiger charge is -2.06. The Morgan fingerprint density at radius 2 is 2.00 bits per heavy atom. The van der Waals surface area contributed by atoms with Crippen molar-refractivity contribution in [3.63, 3.8) is 0 Å². The topological polar surface area (TPSA) is 17.1 Å². The first-order chi connectivity index (χ1) is 5.13. The summed E-state index contributed by atoms with van der Waals surface area (Å²) in [4.78, 5) is 11.4. The number of carbonyl (C=O) groups excluding carboxylic acids is 1. The lowest BCUT2D eigenvalue weighted by molar-refractivity contribution is -0.118. The van der Waals surface area contributed by atoms with Gasteiger partial charge in [-0.3, -0.25) is 4.79 Å². The molecule has 0 radical (unpaired) electrons. The van der Waals surface area contributed by atoms with E-state index in [2.05, 4.69) is 0 Å². The Morgan fingerprint density at radius 3 is 2.36 bits per heavy atom. The predicted molar refractivity (Wildman–Crippen MR) is 48.5 cm³/mol. The zero-order valence-corrected chi connectivity index (χ0v) is 7.98. The highest BCUT2D eigenvalue weighted by Crippen LogP contribution is 2.09. The summed E-state index contributed by atoms with van der Waals surface area (Å²) in [6.45, 7) is 7.97. The minimum Gasteiger partial charge on any atom is -0.294 e. The largest absolute Gasteiger partial charge is 0.294 e. The summed E-state index contributed by atoms with van der Waals surface area (Å²) in [5, 5.41) is 0. The van der Waals surface area contributed by atoms with Gasteiger partial charge in [0.05, 0.1) is 0 Å². The average Bonchev–Trinajstić information content (AvgIpc) is 2.02. The quantitative estimate of drug-likeness (QED) is 0.569. The second-order valence-electron chi connectivity index (χ2n) is 2.97. The van der Waals surface area contributed by atoms with Crippen LogP contribution in [0.25, 0.3) is 0 Å². The van der Waals surface area contributed by atoms with E-state index >= 15 is 0 Å². The average molecular weight is 154 g/mol. The maximum atomic E-state index is 11.4. The molecule has 1 heteroatoms. The molecule has 0 amide bonds. The highest BCUT2D eigenvalue weighted by atomic mass is 16.1. The molecule has 0 aliphatic rings. The molecule has 0 aromatic carbocycles. The van der Waals surface area contributed by atoms with Crippen LogP contribution in [0.4, 0.5) is 0 Å². The number of hydrogen-bond acceptors (Lipinski definition) is 1. The van der Waals surface area contributed by atoms with Crippen LogP contribution in [0.5, 0.6) is 0 Å². The van der Waals surface area contributed by atoms with Gasteiger partial charge in [0, 0.05) is 5.92 Å². The Hall–Kier alpha value is -0.590. The van der Waals surface area contributed by atoms with E-state index in [1.165, 1.54) is 0 Å². The number of allylic oxidation sites excluding steroid dienone is 2. The van der Waals surface area contributed by atoms with Crippen molar-refractivity contribution in [2.45, 2.75) is 40.5 Å². The normalized spacial score (nSPS) is 14.7. The zero-order valence-electron chi connectivity index (χ0n) is 7.98. The van der Waals surface area contributed by atoms with Crippen molar-refractivity contribution in [3.05, 3.63) is 11.6 Å². The molecule has 0 spiro atoms. The molecular formula is C10H18O. The van der Waals surface area contributed by atoms with Crippen molar-refractivity contribution in [2.75, 3.05) is 0 Å². The third kappa shape index (κ3) is 3.35. The van der Waals surface area contributed by atoms with E-state index in [0.717, 1.165) is 18.4 Å². The smallest absolute Gasteiger partial charge is 0.161 e. The lowest BCUT2D eigenvalue weighted by atomic mass is 9.97. The van der Waals surface area contributed by atoms with Crippen LogP contribution >= 0.6 is 0 Å². The Kier molecular flexibility index (Phi) is 4.84. The van der Waals surface area contributed by atoms with Gasteiger partial charge in [0.15, 0.2) is 5.78 Å². The molecule has 64 valence electrons. The summed E-state index contributed by atoms with van der Waals surface area (Å²) in [6.07, 6.45) is 3.89. The second kappa shape index (κ2) is 5.11. The maximum absolute atomic E-state index is 11.4. The van der Waals surface area contributed by atoms with Gasteiger partial charge in [-0.1, -0.05) is 26.8 Å². The van der Waals surface area contributed by atoms with Gasteiger partial charge in [-0.15, -0.1) is 0 Å². The molecular weight excluding hydrogens is 136 g/mol. The maximum Gasteiger partial charge on any atom is 0.161 e. The molecule has 0 aromatic heterocycles. The van der Waals surface area contributed by atoms with Crippen LogP contribution in [0, 0.1) is 5.92 Å². The molecule has 0 rings (SSSR count). The van der Waals surface area contributed by atoms with Gasteiger partial charge in [0.1, 0.15) is 0 Å². The SMILES string of the molecule is CCC=C(C)C(=O)C(C)CC. The van der Waals surface area contributed by atoms with Crippen LogP contribution in [0.1, 0.15) is 40.5 Å². The van der Waals surface area contributed by atoms with Crippen LogP contribution < -0.4 is 0 Å². The second-order valence-corrected chi connectivity index (χ2v) is 2.97. The van der Waals surface area contributed by atoms with Crippen molar-refractivity contribution in [2.24, 2.45) is 5.92 Å². The van der Waals surface area contributed by atoms with E-state index in [4.69, 9.17) is 0 Å². The van der Waals surface area contributed by atoms with Crippen molar-refractivity contribution in [3.8, 4) is 0 Å². The molecule has 0 N–H and O–H groups in total. The fourth-order valence-electron chi connectivity index (χ4n) is 0.981. The highest BCUT2D eigenvalue weighted by molar-refractivity contribution is 5.96. The molecule has 0 saturated heterocycles. The van der Waals surface area contributed by atoms with Gasteiger partial charge >= 0.3 is 0 Å². The molecule has 1 nitrogen and oxygen atoms in total. The summed E-state index contributed by atoms with van der Waals surface area (Å²) >= 11 is 0. The fourth-order valence-corrected chi connectivity index (χ4v) is 0.981. The molecule has 0 bridgehead atoms. The zero-order chi connectivity index (χ0) is 8.85.